The summed E-state index contributed by atoms with van der Waals surface area (Å²) in [5, 5.41) is 28.7. The Balaban J connectivity index is 2.84. The number of aromatic nitrogens is 1. The van der Waals surface area contributed by atoms with Crippen molar-refractivity contribution >= 4 is 17.4 Å². The first-order valence-corrected chi connectivity index (χ1v) is 5.57. The van der Waals surface area contributed by atoms with Crippen LogP contribution in [0.2, 0.25) is 0 Å². The molecule has 0 saturated carbocycles. The monoisotopic (exact) mass is 244 g/mol. The summed E-state index contributed by atoms with van der Waals surface area (Å²) in [6.45, 7) is 1.36. The quantitative estimate of drug-likeness (QED) is 0.450. The highest BCUT2D eigenvalue weighted by Gasteiger charge is 2.16. The smallest absolute Gasteiger partial charge is 0.301 e. The summed E-state index contributed by atoms with van der Waals surface area (Å²) >= 11 is 1.06. The largest absolute Gasteiger partial charge is 0.394 e. The van der Waals surface area contributed by atoms with Crippen LogP contribution in [0.15, 0.2) is 17.2 Å². The molecule has 6 nitrogen and oxygen atoms in total. The summed E-state index contributed by atoms with van der Waals surface area (Å²) in [4.78, 5) is 14.2. The number of nitrogens with zero attached hydrogens (tertiary/aromatic N) is 2. The average Bonchev–Trinajstić information content (AvgIpc) is 2.25. The highest BCUT2D eigenvalue weighted by molar-refractivity contribution is 7.99. The molecule has 0 bridgehead atoms. The molecule has 88 valence electrons. The van der Waals surface area contributed by atoms with E-state index in [0.717, 1.165) is 11.8 Å². The van der Waals surface area contributed by atoms with E-state index in [4.69, 9.17) is 10.2 Å². The Labute approximate surface area is 96.5 Å². The van der Waals surface area contributed by atoms with Crippen LogP contribution in [0, 0.1) is 17.0 Å². The number of pyridine rings is 1. The van der Waals surface area contributed by atoms with Gasteiger partial charge in [0.15, 0.2) is 5.03 Å². The lowest BCUT2D eigenvalue weighted by Crippen LogP contribution is -2.14. The second-order valence-corrected chi connectivity index (χ2v) is 4.19. The third-order valence-corrected chi connectivity index (χ3v) is 2.92. The van der Waals surface area contributed by atoms with Gasteiger partial charge in [0.05, 0.1) is 17.6 Å². The van der Waals surface area contributed by atoms with Gasteiger partial charge in [0, 0.05) is 17.5 Å². The summed E-state index contributed by atoms with van der Waals surface area (Å²) in [7, 11) is 0. The maximum atomic E-state index is 10.7. The number of aryl methyl sites for hydroxylation is 1. The van der Waals surface area contributed by atoms with Crippen LogP contribution in [-0.2, 0) is 0 Å². The van der Waals surface area contributed by atoms with E-state index in [1.165, 1.54) is 6.07 Å². The highest BCUT2D eigenvalue weighted by Crippen LogP contribution is 2.27. The molecule has 1 aromatic heterocycles. The minimum atomic E-state index is -0.896. The Morgan fingerprint density at radius 2 is 2.31 bits per heavy atom. The van der Waals surface area contributed by atoms with Gasteiger partial charge in [-0.25, -0.2) is 4.98 Å². The zero-order valence-corrected chi connectivity index (χ0v) is 9.48. The fourth-order valence-corrected chi connectivity index (χ4v) is 1.95. The first-order chi connectivity index (χ1) is 7.54. The van der Waals surface area contributed by atoms with Crippen LogP contribution < -0.4 is 0 Å². The molecule has 0 aliphatic rings. The lowest BCUT2D eigenvalue weighted by atomic mass is 10.3. The number of rotatable bonds is 5. The zero-order chi connectivity index (χ0) is 12.1. The van der Waals surface area contributed by atoms with Crippen LogP contribution >= 0.6 is 11.8 Å². The standard InChI is InChI=1S/C9H12N2O4S/c1-6-2-3-8(11(14)15)9(10-6)16-5-7(13)4-12/h2-3,7,12-13H,4-5H2,1H3. The third-order valence-electron chi connectivity index (χ3n) is 1.80. The molecule has 0 amide bonds. The van der Waals surface area contributed by atoms with Gasteiger partial charge in [-0.15, -0.1) is 0 Å². The Kier molecular flexibility index (Phi) is 4.66. The number of aliphatic hydroxyl groups is 2. The van der Waals surface area contributed by atoms with E-state index < -0.39 is 11.0 Å². The van der Waals surface area contributed by atoms with Gasteiger partial charge in [0.2, 0.25) is 0 Å². The van der Waals surface area contributed by atoms with E-state index in [9.17, 15) is 10.1 Å². The van der Waals surface area contributed by atoms with Crippen LogP contribution in [0.4, 0.5) is 5.69 Å². The number of hydrogen-bond donors (Lipinski definition) is 2. The molecule has 0 fully saturated rings. The van der Waals surface area contributed by atoms with Crippen LogP contribution in [0.1, 0.15) is 5.69 Å². The maximum absolute atomic E-state index is 10.7. The minimum Gasteiger partial charge on any atom is -0.394 e. The summed E-state index contributed by atoms with van der Waals surface area (Å²) in [6.07, 6.45) is -0.896. The summed E-state index contributed by atoms with van der Waals surface area (Å²) in [5.41, 5.74) is 0.590. The predicted octanol–water partition coefficient (Wildman–Crippen LogP) is 0.744. The SMILES string of the molecule is Cc1ccc([N+](=O)[O-])c(SCC(O)CO)n1. The van der Waals surface area contributed by atoms with Crippen molar-refractivity contribution in [1.29, 1.82) is 0 Å². The third kappa shape index (κ3) is 3.44. The van der Waals surface area contributed by atoms with Gasteiger partial charge in [-0.2, -0.15) is 0 Å². The van der Waals surface area contributed by atoms with Crippen molar-refractivity contribution in [2.75, 3.05) is 12.4 Å². The van der Waals surface area contributed by atoms with Crippen molar-refractivity contribution in [3.05, 3.63) is 27.9 Å². The minimum absolute atomic E-state index is 0.0826. The molecule has 0 saturated heterocycles. The molecule has 0 radical (unpaired) electrons. The average molecular weight is 244 g/mol. The van der Waals surface area contributed by atoms with Crippen LogP contribution in [0.5, 0.6) is 0 Å². The van der Waals surface area contributed by atoms with Gasteiger partial charge in [0.1, 0.15) is 0 Å². The Morgan fingerprint density at radius 1 is 1.62 bits per heavy atom. The van der Waals surface area contributed by atoms with E-state index in [0.29, 0.717) is 5.69 Å². The fourth-order valence-electron chi connectivity index (χ4n) is 0.999. The molecule has 0 aliphatic carbocycles. The van der Waals surface area contributed by atoms with E-state index >= 15 is 0 Å². The molecule has 1 heterocycles. The van der Waals surface area contributed by atoms with Crippen molar-refractivity contribution in [3.63, 3.8) is 0 Å². The molecule has 0 spiro atoms. The Morgan fingerprint density at radius 3 is 2.88 bits per heavy atom. The van der Waals surface area contributed by atoms with Crippen LogP contribution in [0.25, 0.3) is 0 Å². The molecule has 16 heavy (non-hydrogen) atoms. The van der Waals surface area contributed by atoms with E-state index in [1.54, 1.807) is 13.0 Å². The second-order valence-electron chi connectivity index (χ2n) is 3.18. The van der Waals surface area contributed by atoms with Gasteiger partial charge in [-0.1, -0.05) is 11.8 Å². The lowest BCUT2D eigenvalue weighted by molar-refractivity contribution is -0.388. The number of nitro groups is 1. The second kappa shape index (κ2) is 5.78. The highest BCUT2D eigenvalue weighted by atomic mass is 32.2. The van der Waals surface area contributed by atoms with E-state index in [2.05, 4.69) is 4.98 Å². The molecule has 2 N–H and O–H groups in total. The first kappa shape index (κ1) is 12.9. The van der Waals surface area contributed by atoms with Gasteiger partial charge in [-0.3, -0.25) is 10.1 Å². The van der Waals surface area contributed by atoms with Crippen molar-refractivity contribution in [3.8, 4) is 0 Å². The van der Waals surface area contributed by atoms with Gasteiger partial charge < -0.3 is 10.2 Å². The number of hydrogen-bond acceptors (Lipinski definition) is 6. The molecule has 1 rings (SSSR count). The normalized spacial score (nSPS) is 12.4. The number of thioether (sulfide) groups is 1. The first-order valence-electron chi connectivity index (χ1n) is 4.58. The Hall–Kier alpha value is -1.18. The topological polar surface area (TPSA) is 96.5 Å². The van der Waals surface area contributed by atoms with Crippen molar-refractivity contribution in [1.82, 2.24) is 4.98 Å². The molecular weight excluding hydrogens is 232 g/mol. The summed E-state index contributed by atoms with van der Waals surface area (Å²) in [5.74, 6) is 0.174. The summed E-state index contributed by atoms with van der Waals surface area (Å²) in [6, 6.07) is 2.95. The van der Waals surface area contributed by atoms with Gasteiger partial charge in [0.25, 0.3) is 0 Å². The fraction of sp³-hybridized carbons (Fsp3) is 0.444. The predicted molar refractivity (Wildman–Crippen MR) is 59.4 cm³/mol. The van der Waals surface area contributed by atoms with E-state index in [-0.39, 0.29) is 23.1 Å². The molecule has 0 aliphatic heterocycles. The van der Waals surface area contributed by atoms with E-state index in [1.807, 2.05) is 0 Å². The van der Waals surface area contributed by atoms with Crippen molar-refractivity contribution < 1.29 is 15.1 Å². The van der Waals surface area contributed by atoms with Crippen LogP contribution in [0.3, 0.4) is 0 Å². The number of aliphatic hydroxyl groups excluding tert-OH is 2. The molecule has 1 atom stereocenters. The maximum Gasteiger partial charge on any atom is 0.301 e. The molecule has 0 aromatic carbocycles. The summed E-state index contributed by atoms with van der Waals surface area (Å²) < 4.78 is 0. The lowest BCUT2D eigenvalue weighted by Gasteiger charge is -2.06. The van der Waals surface area contributed by atoms with Gasteiger partial charge >= 0.3 is 5.69 Å². The zero-order valence-electron chi connectivity index (χ0n) is 8.66. The molecule has 1 aromatic rings. The van der Waals surface area contributed by atoms with Crippen molar-refractivity contribution in [2.45, 2.75) is 18.1 Å². The molecule has 1 unspecified atom stereocenters. The van der Waals surface area contributed by atoms with Crippen LogP contribution in [-0.4, -0.2) is 38.6 Å². The molecular formula is C9H12N2O4S. The molecule has 7 heteroatoms. The van der Waals surface area contributed by atoms with Crippen molar-refractivity contribution in [2.24, 2.45) is 0 Å². The van der Waals surface area contributed by atoms with Gasteiger partial charge in [-0.05, 0) is 13.0 Å². The Bertz CT molecular complexity index is 386.